The molecule has 0 radical (unpaired) electrons. The highest BCUT2D eigenvalue weighted by Crippen LogP contribution is 2.18. The van der Waals surface area contributed by atoms with Crippen molar-refractivity contribution in [3.05, 3.63) is 23.8 Å². The van der Waals surface area contributed by atoms with E-state index in [9.17, 15) is 4.79 Å². The van der Waals surface area contributed by atoms with Crippen LogP contribution < -0.4 is 11.1 Å². The maximum absolute atomic E-state index is 12.2. The molecule has 1 aliphatic rings. The van der Waals surface area contributed by atoms with Crippen LogP contribution in [0.25, 0.3) is 11.0 Å². The van der Waals surface area contributed by atoms with Gasteiger partial charge in [-0.15, -0.1) is 17.5 Å². The van der Waals surface area contributed by atoms with Crippen molar-refractivity contribution in [3.8, 4) is 0 Å². The van der Waals surface area contributed by atoms with Crippen LogP contribution in [-0.2, 0) is 7.05 Å². The molecule has 21 heavy (non-hydrogen) atoms. The highest BCUT2D eigenvalue weighted by atomic mass is 35.5. The van der Waals surface area contributed by atoms with Crippen LogP contribution in [0.5, 0.6) is 0 Å². The topological polar surface area (TPSA) is 85.8 Å². The molecule has 0 saturated heterocycles. The van der Waals surface area contributed by atoms with Crippen molar-refractivity contribution in [1.29, 1.82) is 0 Å². The molecule has 0 bridgehead atoms. The smallest absolute Gasteiger partial charge is 0.251 e. The van der Waals surface area contributed by atoms with Gasteiger partial charge < -0.3 is 11.1 Å². The molecule has 3 rings (SSSR count). The van der Waals surface area contributed by atoms with Crippen LogP contribution in [0.15, 0.2) is 18.2 Å². The highest BCUT2D eigenvalue weighted by Gasteiger charge is 2.20. The minimum absolute atomic E-state index is 0. The van der Waals surface area contributed by atoms with Crippen molar-refractivity contribution in [2.45, 2.75) is 37.8 Å². The summed E-state index contributed by atoms with van der Waals surface area (Å²) in [6.45, 7) is 0. The van der Waals surface area contributed by atoms with Gasteiger partial charge in [0.15, 0.2) is 0 Å². The van der Waals surface area contributed by atoms with Gasteiger partial charge in [-0.3, -0.25) is 4.79 Å². The largest absolute Gasteiger partial charge is 0.349 e. The molecule has 1 saturated carbocycles. The fourth-order valence-corrected chi connectivity index (χ4v) is 2.71. The second kappa shape index (κ2) is 6.41. The fourth-order valence-electron chi connectivity index (χ4n) is 2.71. The summed E-state index contributed by atoms with van der Waals surface area (Å²) in [5.74, 6) is -0.0435. The Bertz CT molecular complexity index is 633. The average molecular weight is 310 g/mol. The zero-order valence-corrected chi connectivity index (χ0v) is 12.8. The lowest BCUT2D eigenvalue weighted by atomic mass is 9.91. The standard InChI is InChI=1S/C14H19N5O.ClH/c1-19-13-7-2-9(8-12(13)17-18-19)14(20)16-11-5-3-10(15)4-6-11;/h2,7-8,10-11H,3-6,15H2,1H3,(H,16,20);1H. The Hall–Kier alpha value is -1.66. The third kappa shape index (κ3) is 3.33. The van der Waals surface area contributed by atoms with E-state index in [1.165, 1.54) is 0 Å². The van der Waals surface area contributed by atoms with Crippen LogP contribution in [0, 0.1) is 0 Å². The third-order valence-electron chi connectivity index (χ3n) is 3.98. The molecule has 0 aliphatic heterocycles. The molecule has 2 aromatic rings. The number of carbonyl (C=O) groups excluding carboxylic acids is 1. The van der Waals surface area contributed by atoms with Gasteiger partial charge in [0.2, 0.25) is 0 Å². The van der Waals surface area contributed by atoms with E-state index in [-0.39, 0.29) is 24.4 Å². The van der Waals surface area contributed by atoms with Crippen LogP contribution >= 0.6 is 12.4 Å². The summed E-state index contributed by atoms with van der Waals surface area (Å²) < 4.78 is 1.69. The predicted octanol–water partition coefficient (Wildman–Crippen LogP) is 1.39. The minimum Gasteiger partial charge on any atom is -0.349 e. The molecule has 1 heterocycles. The van der Waals surface area contributed by atoms with Gasteiger partial charge >= 0.3 is 0 Å². The Kier molecular flexibility index (Phi) is 4.80. The molecular formula is C14H20ClN5O. The number of nitrogens with one attached hydrogen (secondary N) is 1. The fraction of sp³-hybridized carbons (Fsp3) is 0.500. The summed E-state index contributed by atoms with van der Waals surface area (Å²) >= 11 is 0. The van der Waals surface area contributed by atoms with Gasteiger partial charge in [-0.1, -0.05) is 5.21 Å². The van der Waals surface area contributed by atoms with Crippen molar-refractivity contribution >= 4 is 29.3 Å². The van der Waals surface area contributed by atoms with E-state index in [0.29, 0.717) is 11.6 Å². The third-order valence-corrected chi connectivity index (χ3v) is 3.98. The molecule has 1 amide bonds. The number of hydrogen-bond acceptors (Lipinski definition) is 4. The number of aryl methyl sites for hydroxylation is 1. The summed E-state index contributed by atoms with van der Waals surface area (Å²) in [6, 6.07) is 6.00. The number of hydrogen-bond donors (Lipinski definition) is 2. The van der Waals surface area contributed by atoms with Crippen molar-refractivity contribution in [2.24, 2.45) is 12.8 Å². The molecule has 1 aromatic heterocycles. The van der Waals surface area contributed by atoms with E-state index in [1.54, 1.807) is 10.7 Å². The van der Waals surface area contributed by atoms with E-state index < -0.39 is 0 Å². The Balaban J connectivity index is 0.00000161. The second-order valence-corrected chi connectivity index (χ2v) is 5.50. The summed E-state index contributed by atoms with van der Waals surface area (Å²) in [5, 5.41) is 11.1. The van der Waals surface area contributed by atoms with Crippen LogP contribution in [-0.4, -0.2) is 33.0 Å². The number of carbonyl (C=O) groups is 1. The average Bonchev–Trinajstić information content (AvgIpc) is 2.82. The highest BCUT2D eigenvalue weighted by molar-refractivity contribution is 5.97. The van der Waals surface area contributed by atoms with Crippen LogP contribution in [0.2, 0.25) is 0 Å². The normalized spacial score (nSPS) is 21.8. The van der Waals surface area contributed by atoms with Crippen molar-refractivity contribution in [1.82, 2.24) is 20.3 Å². The molecule has 7 heteroatoms. The number of fused-ring (bicyclic) bond motifs is 1. The Morgan fingerprint density at radius 2 is 2.05 bits per heavy atom. The number of amides is 1. The van der Waals surface area contributed by atoms with Gasteiger partial charge in [-0.25, -0.2) is 4.68 Å². The van der Waals surface area contributed by atoms with Crippen LogP contribution in [0.4, 0.5) is 0 Å². The molecule has 1 aromatic carbocycles. The maximum Gasteiger partial charge on any atom is 0.251 e. The molecule has 0 unspecified atom stereocenters. The van der Waals surface area contributed by atoms with E-state index >= 15 is 0 Å². The van der Waals surface area contributed by atoms with Crippen LogP contribution in [0.3, 0.4) is 0 Å². The lowest BCUT2D eigenvalue weighted by Gasteiger charge is -2.26. The van der Waals surface area contributed by atoms with Gasteiger partial charge in [0.05, 0.1) is 5.52 Å². The number of rotatable bonds is 2. The van der Waals surface area contributed by atoms with Gasteiger partial charge in [0, 0.05) is 24.7 Å². The SMILES string of the molecule is Cl.Cn1nnc2cc(C(=O)NC3CCC(N)CC3)ccc21. The summed E-state index contributed by atoms with van der Waals surface area (Å²) in [7, 11) is 1.83. The quantitative estimate of drug-likeness (QED) is 0.878. The van der Waals surface area contributed by atoms with E-state index in [4.69, 9.17) is 5.73 Å². The van der Waals surface area contributed by atoms with Crippen molar-refractivity contribution < 1.29 is 4.79 Å². The lowest BCUT2D eigenvalue weighted by Crippen LogP contribution is -2.40. The molecule has 6 nitrogen and oxygen atoms in total. The maximum atomic E-state index is 12.2. The first-order valence-corrected chi connectivity index (χ1v) is 6.99. The van der Waals surface area contributed by atoms with E-state index in [1.807, 2.05) is 19.2 Å². The molecule has 1 aliphatic carbocycles. The Labute approximate surface area is 129 Å². The van der Waals surface area contributed by atoms with Gasteiger partial charge in [0.25, 0.3) is 5.91 Å². The summed E-state index contributed by atoms with van der Waals surface area (Å²) in [5.41, 5.74) is 8.17. The number of aromatic nitrogens is 3. The molecule has 1 fully saturated rings. The molecule has 0 spiro atoms. The number of benzene rings is 1. The number of halogens is 1. The number of nitrogens with zero attached hydrogens (tertiary/aromatic N) is 3. The monoisotopic (exact) mass is 309 g/mol. The Morgan fingerprint density at radius 1 is 1.33 bits per heavy atom. The van der Waals surface area contributed by atoms with Gasteiger partial charge in [-0.05, 0) is 43.9 Å². The molecule has 0 atom stereocenters. The van der Waals surface area contributed by atoms with Crippen LogP contribution in [0.1, 0.15) is 36.0 Å². The van der Waals surface area contributed by atoms with Crippen molar-refractivity contribution in [3.63, 3.8) is 0 Å². The second-order valence-electron chi connectivity index (χ2n) is 5.50. The molecular weight excluding hydrogens is 290 g/mol. The first kappa shape index (κ1) is 15.7. The summed E-state index contributed by atoms with van der Waals surface area (Å²) in [6.07, 6.45) is 3.88. The van der Waals surface area contributed by atoms with Crippen molar-refractivity contribution in [2.75, 3.05) is 0 Å². The molecule has 3 N–H and O–H groups in total. The molecule has 114 valence electrons. The number of nitrogens with two attached hydrogens (primary N) is 1. The van der Waals surface area contributed by atoms with Gasteiger partial charge in [-0.2, -0.15) is 0 Å². The van der Waals surface area contributed by atoms with E-state index in [2.05, 4.69) is 15.6 Å². The first-order chi connectivity index (χ1) is 9.63. The zero-order chi connectivity index (χ0) is 14.1. The van der Waals surface area contributed by atoms with E-state index in [0.717, 1.165) is 36.7 Å². The minimum atomic E-state index is -0.0435. The lowest BCUT2D eigenvalue weighted by molar-refractivity contribution is 0.0926. The first-order valence-electron chi connectivity index (χ1n) is 6.99. The Morgan fingerprint density at radius 3 is 2.76 bits per heavy atom. The summed E-state index contributed by atoms with van der Waals surface area (Å²) in [4.78, 5) is 12.2. The predicted molar refractivity (Wildman–Crippen MR) is 83.5 cm³/mol. The zero-order valence-electron chi connectivity index (χ0n) is 12.0. The van der Waals surface area contributed by atoms with Gasteiger partial charge in [0.1, 0.15) is 5.52 Å².